The second-order valence-corrected chi connectivity index (χ2v) is 5.20. The Bertz CT molecular complexity index is 683. The van der Waals surface area contributed by atoms with Gasteiger partial charge in [0.05, 0.1) is 10.2 Å². The van der Waals surface area contributed by atoms with Crippen molar-refractivity contribution in [3.63, 3.8) is 0 Å². The fourth-order valence-electron chi connectivity index (χ4n) is 1.95. The van der Waals surface area contributed by atoms with Crippen LogP contribution in [0.25, 0.3) is 15.3 Å². The molecule has 0 atom stereocenters. The molecule has 2 heterocycles. The molecule has 3 rings (SSSR count). The maximum absolute atomic E-state index is 5.79. The molecule has 0 saturated heterocycles. The summed E-state index contributed by atoms with van der Waals surface area (Å²) in [6, 6.07) is 5.81. The molecule has 0 radical (unpaired) electrons. The highest BCUT2D eigenvalue weighted by Gasteiger charge is 2.09. The van der Waals surface area contributed by atoms with E-state index in [2.05, 4.69) is 21.5 Å². The number of hydrogen-bond donors (Lipinski definition) is 1. The highest BCUT2D eigenvalue weighted by molar-refractivity contribution is 7.20. The summed E-state index contributed by atoms with van der Waals surface area (Å²) in [5.74, 6) is 1.06. The van der Waals surface area contributed by atoms with Gasteiger partial charge in [-0.25, -0.2) is 9.97 Å². The lowest BCUT2D eigenvalue weighted by molar-refractivity contribution is 0.807. The average molecular weight is 258 g/mol. The topological polar surface area (TPSA) is 56.7 Å². The van der Waals surface area contributed by atoms with Crippen LogP contribution in [0.15, 0.2) is 30.6 Å². The molecule has 1 aromatic carbocycles. The number of benzene rings is 1. The molecule has 92 valence electrons. The molecule has 3 aromatic rings. The Morgan fingerprint density at radius 3 is 3.11 bits per heavy atom. The van der Waals surface area contributed by atoms with Gasteiger partial charge in [-0.1, -0.05) is 18.3 Å². The van der Waals surface area contributed by atoms with Crippen LogP contribution < -0.4 is 5.73 Å². The molecule has 2 N–H and O–H groups in total. The molecule has 0 aliphatic carbocycles. The van der Waals surface area contributed by atoms with E-state index in [1.165, 1.54) is 0 Å². The van der Waals surface area contributed by atoms with E-state index in [1.54, 1.807) is 11.3 Å². The monoisotopic (exact) mass is 258 g/mol. The second kappa shape index (κ2) is 4.42. The van der Waals surface area contributed by atoms with Crippen molar-refractivity contribution in [1.82, 2.24) is 14.5 Å². The number of nitrogens with two attached hydrogens (primary N) is 1. The van der Waals surface area contributed by atoms with Gasteiger partial charge in [-0.3, -0.25) is 4.57 Å². The van der Waals surface area contributed by atoms with Crippen molar-refractivity contribution in [3.05, 3.63) is 36.4 Å². The van der Waals surface area contributed by atoms with Crippen LogP contribution in [-0.2, 0) is 6.42 Å². The van der Waals surface area contributed by atoms with Gasteiger partial charge in [-0.2, -0.15) is 0 Å². The summed E-state index contributed by atoms with van der Waals surface area (Å²) in [6.45, 7) is 2.15. The predicted octanol–water partition coefficient (Wildman–Crippen LogP) is 3.02. The van der Waals surface area contributed by atoms with Crippen LogP contribution >= 0.6 is 11.3 Å². The van der Waals surface area contributed by atoms with Crippen molar-refractivity contribution in [2.45, 2.75) is 19.8 Å². The van der Waals surface area contributed by atoms with Crippen LogP contribution in [-0.4, -0.2) is 14.5 Å². The third-order valence-corrected chi connectivity index (χ3v) is 3.82. The van der Waals surface area contributed by atoms with Gasteiger partial charge in [0.15, 0.2) is 5.13 Å². The zero-order valence-corrected chi connectivity index (χ0v) is 10.9. The van der Waals surface area contributed by atoms with Gasteiger partial charge < -0.3 is 5.73 Å². The second-order valence-electron chi connectivity index (χ2n) is 4.19. The molecule has 0 fully saturated rings. The van der Waals surface area contributed by atoms with Crippen molar-refractivity contribution < 1.29 is 0 Å². The summed E-state index contributed by atoms with van der Waals surface area (Å²) < 4.78 is 3.17. The minimum Gasteiger partial charge on any atom is -0.399 e. The minimum absolute atomic E-state index is 0.775. The number of fused-ring (bicyclic) bond motifs is 1. The summed E-state index contributed by atoms with van der Waals surface area (Å²) in [5, 5.41) is 0.955. The first-order chi connectivity index (χ1) is 8.78. The molecule has 5 heteroatoms. The number of imidazole rings is 1. The van der Waals surface area contributed by atoms with Crippen molar-refractivity contribution in [1.29, 1.82) is 0 Å². The van der Waals surface area contributed by atoms with Crippen LogP contribution in [0.3, 0.4) is 0 Å². The molecule has 0 aliphatic heterocycles. The van der Waals surface area contributed by atoms with E-state index >= 15 is 0 Å². The molecule has 0 unspecified atom stereocenters. The smallest absolute Gasteiger partial charge is 0.196 e. The number of anilines is 1. The Morgan fingerprint density at radius 1 is 1.39 bits per heavy atom. The van der Waals surface area contributed by atoms with Gasteiger partial charge in [-0.05, 0) is 24.6 Å². The van der Waals surface area contributed by atoms with E-state index in [-0.39, 0.29) is 0 Å². The van der Waals surface area contributed by atoms with Crippen molar-refractivity contribution in [2.75, 3.05) is 5.73 Å². The van der Waals surface area contributed by atoms with Crippen molar-refractivity contribution >= 4 is 27.2 Å². The number of rotatable bonds is 3. The van der Waals surface area contributed by atoms with E-state index < -0.39 is 0 Å². The summed E-state index contributed by atoms with van der Waals surface area (Å²) in [7, 11) is 0. The predicted molar refractivity (Wildman–Crippen MR) is 75.1 cm³/mol. The molecule has 0 aliphatic rings. The van der Waals surface area contributed by atoms with Crippen LogP contribution in [0.1, 0.15) is 19.2 Å². The number of aryl methyl sites for hydroxylation is 1. The average Bonchev–Trinajstić information content (AvgIpc) is 2.94. The van der Waals surface area contributed by atoms with Gasteiger partial charge >= 0.3 is 0 Å². The lowest BCUT2D eigenvalue weighted by Gasteiger charge is -2.01. The molecule has 0 amide bonds. The molecule has 18 heavy (non-hydrogen) atoms. The van der Waals surface area contributed by atoms with Crippen molar-refractivity contribution in [2.24, 2.45) is 0 Å². The summed E-state index contributed by atoms with van der Waals surface area (Å²) in [5.41, 5.74) is 7.55. The SMILES string of the molecule is CCCc1nccn1-c1nc2ccc(N)cc2s1. The number of nitrogen functional groups attached to an aromatic ring is 1. The molecule has 0 saturated carbocycles. The van der Waals surface area contributed by atoms with Gasteiger partial charge in [0.25, 0.3) is 0 Å². The number of thiazole rings is 1. The summed E-state index contributed by atoms with van der Waals surface area (Å²) in [4.78, 5) is 9.00. The van der Waals surface area contributed by atoms with Gasteiger partial charge in [0.2, 0.25) is 0 Å². The van der Waals surface area contributed by atoms with E-state index in [0.717, 1.165) is 39.7 Å². The van der Waals surface area contributed by atoms with Crippen LogP contribution in [0, 0.1) is 0 Å². The van der Waals surface area contributed by atoms with Crippen LogP contribution in [0.2, 0.25) is 0 Å². The first-order valence-corrected chi connectivity index (χ1v) is 6.78. The zero-order chi connectivity index (χ0) is 12.5. The molecule has 0 bridgehead atoms. The van der Waals surface area contributed by atoms with E-state index in [0.29, 0.717) is 0 Å². The summed E-state index contributed by atoms with van der Waals surface area (Å²) >= 11 is 1.64. The van der Waals surface area contributed by atoms with Gasteiger partial charge in [0, 0.05) is 24.5 Å². The van der Waals surface area contributed by atoms with E-state index in [4.69, 9.17) is 5.73 Å². The molecule has 0 spiro atoms. The quantitative estimate of drug-likeness (QED) is 0.735. The van der Waals surface area contributed by atoms with E-state index in [9.17, 15) is 0 Å². The molecular formula is C13H14N4S. The summed E-state index contributed by atoms with van der Waals surface area (Å²) in [6.07, 6.45) is 5.83. The normalized spacial score (nSPS) is 11.2. The minimum atomic E-state index is 0.775. The van der Waals surface area contributed by atoms with Crippen LogP contribution in [0.4, 0.5) is 5.69 Å². The molecular weight excluding hydrogens is 244 g/mol. The third kappa shape index (κ3) is 1.86. The third-order valence-electron chi connectivity index (χ3n) is 2.80. The lowest BCUT2D eigenvalue weighted by atomic mass is 10.3. The maximum Gasteiger partial charge on any atom is 0.196 e. The van der Waals surface area contributed by atoms with Crippen LogP contribution in [0.5, 0.6) is 0 Å². The Hall–Kier alpha value is -1.88. The fraction of sp³-hybridized carbons (Fsp3) is 0.231. The van der Waals surface area contributed by atoms with Gasteiger partial charge in [-0.15, -0.1) is 0 Å². The maximum atomic E-state index is 5.79. The van der Waals surface area contributed by atoms with E-state index in [1.807, 2.05) is 30.6 Å². The van der Waals surface area contributed by atoms with Crippen molar-refractivity contribution in [3.8, 4) is 5.13 Å². The first kappa shape index (κ1) is 11.2. The highest BCUT2D eigenvalue weighted by atomic mass is 32.1. The molecule has 4 nitrogen and oxygen atoms in total. The Labute approximate surface area is 109 Å². The Balaban J connectivity index is 2.10. The Morgan fingerprint density at radius 2 is 2.28 bits per heavy atom. The molecule has 2 aromatic heterocycles. The number of hydrogen-bond acceptors (Lipinski definition) is 4. The standard InChI is InChI=1S/C13H14N4S/c1-2-3-12-15-6-7-17(12)13-16-10-5-4-9(14)8-11(10)18-13/h4-8H,2-3,14H2,1H3. The zero-order valence-electron chi connectivity index (χ0n) is 10.1. The first-order valence-electron chi connectivity index (χ1n) is 5.96. The lowest BCUT2D eigenvalue weighted by Crippen LogP contribution is -1.99. The largest absolute Gasteiger partial charge is 0.399 e. The highest BCUT2D eigenvalue weighted by Crippen LogP contribution is 2.27. The Kier molecular flexibility index (Phi) is 2.76. The number of nitrogens with zero attached hydrogens (tertiary/aromatic N) is 3. The fourth-order valence-corrected chi connectivity index (χ4v) is 2.97. The number of aromatic nitrogens is 3. The van der Waals surface area contributed by atoms with Gasteiger partial charge in [0.1, 0.15) is 5.82 Å².